The molecule has 5 heteroatoms. The lowest BCUT2D eigenvalue weighted by atomic mass is 10.2. The fourth-order valence-electron chi connectivity index (χ4n) is 2.21. The lowest BCUT2D eigenvalue weighted by Crippen LogP contribution is -2.38. The molecular formula is C10H18N4O. The van der Waals surface area contributed by atoms with Crippen molar-refractivity contribution >= 4 is 0 Å². The Bertz CT molecular complexity index is 325. The van der Waals surface area contributed by atoms with Crippen molar-refractivity contribution in [1.82, 2.24) is 20.1 Å². The highest BCUT2D eigenvalue weighted by Crippen LogP contribution is 2.21. The summed E-state index contributed by atoms with van der Waals surface area (Å²) in [6, 6.07) is 0.340. The molecule has 1 heterocycles. The Balaban J connectivity index is 1.97. The first kappa shape index (κ1) is 10.6. The molecule has 0 aliphatic heterocycles. The SMILES string of the molecule is CC(N[C@H]1CCC[C@@H]1O)c1nncn1C. The molecule has 1 unspecified atom stereocenters. The van der Waals surface area contributed by atoms with E-state index in [1.807, 2.05) is 11.6 Å². The summed E-state index contributed by atoms with van der Waals surface area (Å²) in [5, 5.41) is 21.0. The molecule has 0 amide bonds. The van der Waals surface area contributed by atoms with E-state index in [0.29, 0.717) is 0 Å². The van der Waals surface area contributed by atoms with E-state index in [-0.39, 0.29) is 18.2 Å². The fourth-order valence-corrected chi connectivity index (χ4v) is 2.21. The Morgan fingerprint density at radius 2 is 2.40 bits per heavy atom. The fraction of sp³-hybridized carbons (Fsp3) is 0.800. The van der Waals surface area contributed by atoms with E-state index in [1.54, 1.807) is 6.33 Å². The Hall–Kier alpha value is -0.940. The molecule has 5 nitrogen and oxygen atoms in total. The second kappa shape index (κ2) is 4.28. The molecular weight excluding hydrogens is 192 g/mol. The highest BCUT2D eigenvalue weighted by Gasteiger charge is 2.27. The zero-order chi connectivity index (χ0) is 10.8. The first-order chi connectivity index (χ1) is 7.18. The molecule has 0 saturated heterocycles. The molecule has 3 atom stereocenters. The molecule has 0 bridgehead atoms. The van der Waals surface area contributed by atoms with Crippen molar-refractivity contribution in [2.24, 2.45) is 7.05 Å². The van der Waals surface area contributed by atoms with Crippen LogP contribution in [-0.4, -0.2) is 32.0 Å². The number of aliphatic hydroxyl groups excluding tert-OH is 1. The predicted molar refractivity (Wildman–Crippen MR) is 56.2 cm³/mol. The highest BCUT2D eigenvalue weighted by molar-refractivity contribution is 4.95. The zero-order valence-electron chi connectivity index (χ0n) is 9.22. The first-order valence-electron chi connectivity index (χ1n) is 5.46. The van der Waals surface area contributed by atoms with Gasteiger partial charge in [0.15, 0.2) is 0 Å². The number of aromatic nitrogens is 3. The van der Waals surface area contributed by atoms with Gasteiger partial charge in [0.25, 0.3) is 0 Å². The standard InChI is InChI=1S/C10H18N4O/c1-7(10-13-11-6-14(10)2)12-8-4-3-5-9(8)15/h6-9,12,15H,3-5H2,1-2H3/t7?,8-,9-/m0/s1. The molecule has 1 aliphatic carbocycles. The largest absolute Gasteiger partial charge is 0.392 e. The van der Waals surface area contributed by atoms with Crippen LogP contribution in [0.3, 0.4) is 0 Å². The molecule has 1 aromatic rings. The molecule has 84 valence electrons. The van der Waals surface area contributed by atoms with Crippen molar-refractivity contribution in [3.8, 4) is 0 Å². The van der Waals surface area contributed by atoms with E-state index in [9.17, 15) is 5.11 Å². The Morgan fingerprint density at radius 1 is 1.60 bits per heavy atom. The summed E-state index contributed by atoms with van der Waals surface area (Å²) in [4.78, 5) is 0. The Morgan fingerprint density at radius 3 is 2.93 bits per heavy atom. The summed E-state index contributed by atoms with van der Waals surface area (Å²) in [6.45, 7) is 2.05. The van der Waals surface area contributed by atoms with Gasteiger partial charge in [-0.3, -0.25) is 0 Å². The topological polar surface area (TPSA) is 63.0 Å². The second-order valence-corrected chi connectivity index (χ2v) is 4.29. The molecule has 2 rings (SSSR count). The molecule has 0 spiro atoms. The van der Waals surface area contributed by atoms with Crippen molar-refractivity contribution in [1.29, 1.82) is 0 Å². The van der Waals surface area contributed by atoms with E-state index in [1.165, 1.54) is 0 Å². The Kier molecular flexibility index (Phi) is 3.02. The maximum Gasteiger partial charge on any atom is 0.149 e. The van der Waals surface area contributed by atoms with Gasteiger partial charge in [-0.05, 0) is 26.2 Å². The van der Waals surface area contributed by atoms with Crippen molar-refractivity contribution in [2.75, 3.05) is 0 Å². The number of hydrogen-bond acceptors (Lipinski definition) is 4. The summed E-state index contributed by atoms with van der Waals surface area (Å²) in [7, 11) is 1.93. The van der Waals surface area contributed by atoms with Gasteiger partial charge in [0.05, 0.1) is 12.1 Å². The molecule has 1 saturated carbocycles. The predicted octanol–water partition coefficient (Wildman–Crippen LogP) is 0.379. The van der Waals surface area contributed by atoms with Gasteiger partial charge >= 0.3 is 0 Å². The van der Waals surface area contributed by atoms with E-state index >= 15 is 0 Å². The van der Waals surface area contributed by atoms with Gasteiger partial charge in [0.2, 0.25) is 0 Å². The average Bonchev–Trinajstić information content (AvgIpc) is 2.76. The third kappa shape index (κ3) is 2.18. The van der Waals surface area contributed by atoms with Crippen LogP contribution >= 0.6 is 0 Å². The van der Waals surface area contributed by atoms with Gasteiger partial charge in [-0.2, -0.15) is 0 Å². The maximum absolute atomic E-state index is 9.70. The van der Waals surface area contributed by atoms with Crippen molar-refractivity contribution < 1.29 is 5.11 Å². The number of rotatable bonds is 3. The van der Waals surface area contributed by atoms with Crippen LogP contribution < -0.4 is 5.32 Å². The summed E-state index contributed by atoms with van der Waals surface area (Å²) in [6.07, 6.45) is 4.54. The molecule has 1 aromatic heterocycles. The zero-order valence-corrected chi connectivity index (χ0v) is 9.22. The normalized spacial score (nSPS) is 28.2. The molecule has 0 radical (unpaired) electrons. The third-order valence-electron chi connectivity index (χ3n) is 3.08. The monoisotopic (exact) mass is 210 g/mol. The van der Waals surface area contributed by atoms with Crippen LogP contribution in [-0.2, 0) is 7.05 Å². The second-order valence-electron chi connectivity index (χ2n) is 4.29. The van der Waals surface area contributed by atoms with Crippen LogP contribution in [0.4, 0.5) is 0 Å². The molecule has 15 heavy (non-hydrogen) atoms. The summed E-state index contributed by atoms with van der Waals surface area (Å²) >= 11 is 0. The van der Waals surface area contributed by atoms with Gasteiger partial charge in [-0.15, -0.1) is 10.2 Å². The van der Waals surface area contributed by atoms with Gasteiger partial charge < -0.3 is 15.0 Å². The minimum Gasteiger partial charge on any atom is -0.392 e. The quantitative estimate of drug-likeness (QED) is 0.757. The van der Waals surface area contributed by atoms with E-state index < -0.39 is 0 Å². The van der Waals surface area contributed by atoms with E-state index in [2.05, 4.69) is 22.4 Å². The van der Waals surface area contributed by atoms with Crippen molar-refractivity contribution in [2.45, 2.75) is 44.4 Å². The van der Waals surface area contributed by atoms with Crippen LogP contribution in [0.25, 0.3) is 0 Å². The Labute approximate surface area is 89.5 Å². The smallest absolute Gasteiger partial charge is 0.149 e. The number of hydrogen-bond donors (Lipinski definition) is 2. The van der Waals surface area contributed by atoms with Crippen LogP contribution in [0.1, 0.15) is 38.1 Å². The minimum atomic E-state index is -0.208. The lowest BCUT2D eigenvalue weighted by molar-refractivity contribution is 0.143. The molecule has 1 aliphatic rings. The third-order valence-corrected chi connectivity index (χ3v) is 3.08. The van der Waals surface area contributed by atoms with Crippen LogP contribution in [0.2, 0.25) is 0 Å². The van der Waals surface area contributed by atoms with Gasteiger partial charge in [0, 0.05) is 13.1 Å². The lowest BCUT2D eigenvalue weighted by Gasteiger charge is -2.21. The maximum atomic E-state index is 9.70. The van der Waals surface area contributed by atoms with Crippen LogP contribution in [0.15, 0.2) is 6.33 Å². The number of nitrogens with one attached hydrogen (secondary N) is 1. The number of aliphatic hydroxyl groups is 1. The number of nitrogens with zero attached hydrogens (tertiary/aromatic N) is 3. The van der Waals surface area contributed by atoms with Gasteiger partial charge in [0.1, 0.15) is 12.2 Å². The van der Waals surface area contributed by atoms with Crippen LogP contribution in [0, 0.1) is 0 Å². The minimum absolute atomic E-state index is 0.134. The summed E-state index contributed by atoms with van der Waals surface area (Å²) in [5.41, 5.74) is 0. The summed E-state index contributed by atoms with van der Waals surface area (Å²) < 4.78 is 1.90. The summed E-state index contributed by atoms with van der Waals surface area (Å²) in [5.74, 6) is 0.911. The highest BCUT2D eigenvalue weighted by atomic mass is 16.3. The first-order valence-corrected chi connectivity index (χ1v) is 5.46. The van der Waals surface area contributed by atoms with Gasteiger partial charge in [-0.1, -0.05) is 0 Å². The van der Waals surface area contributed by atoms with E-state index in [4.69, 9.17) is 0 Å². The molecule has 2 N–H and O–H groups in total. The van der Waals surface area contributed by atoms with Gasteiger partial charge in [-0.25, -0.2) is 0 Å². The average molecular weight is 210 g/mol. The molecule has 1 fully saturated rings. The molecule has 0 aromatic carbocycles. The van der Waals surface area contributed by atoms with Crippen molar-refractivity contribution in [3.05, 3.63) is 12.2 Å². The van der Waals surface area contributed by atoms with Crippen LogP contribution in [0.5, 0.6) is 0 Å². The van der Waals surface area contributed by atoms with E-state index in [0.717, 1.165) is 25.1 Å². The number of aryl methyl sites for hydroxylation is 1. The van der Waals surface area contributed by atoms with Crippen molar-refractivity contribution in [3.63, 3.8) is 0 Å².